The second-order valence-corrected chi connectivity index (χ2v) is 7.29. The molecule has 1 heterocycles. The maximum atomic E-state index is 12.7. The quantitative estimate of drug-likeness (QED) is 0.577. The third-order valence-corrected chi connectivity index (χ3v) is 5.12. The largest absolute Gasteiger partial charge is 0.463 e. The zero-order valence-corrected chi connectivity index (χ0v) is 16.0. The molecule has 5 heteroatoms. The first kappa shape index (κ1) is 17.2. The first-order chi connectivity index (χ1) is 11.5. The average Bonchev–Trinajstić information content (AvgIpc) is 2.54. The van der Waals surface area contributed by atoms with Crippen molar-refractivity contribution < 1.29 is 14.3 Å². The third kappa shape index (κ3) is 3.14. The first-order valence-corrected chi connectivity index (χ1v) is 9.27. The number of rotatable bonds is 3. The molecule has 1 aromatic rings. The van der Waals surface area contributed by atoms with Crippen LogP contribution in [0.3, 0.4) is 0 Å². The molecule has 0 radical (unpaired) electrons. The number of Topliss-reactive ketones (excluding diaryl/α,β-unsaturated/α-hetero) is 1. The number of esters is 1. The highest BCUT2D eigenvalue weighted by Gasteiger charge is 2.38. The molecule has 1 atom stereocenters. The summed E-state index contributed by atoms with van der Waals surface area (Å²) in [4.78, 5) is 25.3. The molecule has 4 nitrogen and oxygen atoms in total. The molecule has 0 fully saturated rings. The van der Waals surface area contributed by atoms with Crippen molar-refractivity contribution in [1.82, 2.24) is 5.32 Å². The van der Waals surface area contributed by atoms with E-state index in [2.05, 4.69) is 27.9 Å². The lowest BCUT2D eigenvalue weighted by Gasteiger charge is -2.34. The number of allylic oxidation sites excluding steroid dienone is 3. The Balaban J connectivity index is 2.17. The van der Waals surface area contributed by atoms with Crippen LogP contribution in [0.4, 0.5) is 0 Å². The van der Waals surface area contributed by atoms with Gasteiger partial charge in [-0.15, -0.1) is 0 Å². The van der Waals surface area contributed by atoms with Gasteiger partial charge in [0.2, 0.25) is 0 Å². The predicted octanol–water partition coefficient (Wildman–Crippen LogP) is 3.82. The molecule has 126 valence electrons. The molecule has 24 heavy (non-hydrogen) atoms. The van der Waals surface area contributed by atoms with Crippen LogP contribution in [-0.2, 0) is 14.3 Å². The van der Waals surface area contributed by atoms with Crippen LogP contribution in [0, 0.1) is 3.57 Å². The molecule has 1 N–H and O–H groups in total. The van der Waals surface area contributed by atoms with E-state index in [1.807, 2.05) is 31.2 Å². The Morgan fingerprint density at radius 3 is 2.88 bits per heavy atom. The fraction of sp³-hybridized carbons (Fsp3) is 0.368. The zero-order chi connectivity index (χ0) is 17.3. The van der Waals surface area contributed by atoms with Crippen LogP contribution in [0.1, 0.15) is 44.6 Å². The Kier molecular flexibility index (Phi) is 5.08. The van der Waals surface area contributed by atoms with Gasteiger partial charge in [-0.2, -0.15) is 0 Å². The van der Waals surface area contributed by atoms with Gasteiger partial charge in [-0.1, -0.05) is 12.1 Å². The Bertz CT molecular complexity index is 764. The lowest BCUT2D eigenvalue weighted by Crippen LogP contribution is -2.34. The van der Waals surface area contributed by atoms with Crippen molar-refractivity contribution in [1.29, 1.82) is 0 Å². The van der Waals surface area contributed by atoms with E-state index in [4.69, 9.17) is 4.74 Å². The average molecular weight is 437 g/mol. The molecular formula is C19H20INO3. The number of nitrogens with one attached hydrogen (secondary N) is 1. The number of hydrogen-bond donors (Lipinski definition) is 1. The summed E-state index contributed by atoms with van der Waals surface area (Å²) in [6.07, 6.45) is 2.23. The molecule has 1 aliphatic heterocycles. The van der Waals surface area contributed by atoms with Gasteiger partial charge in [-0.3, -0.25) is 4.79 Å². The second kappa shape index (κ2) is 7.09. The number of halogens is 1. The Hall–Kier alpha value is -1.63. The molecule has 0 spiro atoms. The van der Waals surface area contributed by atoms with Crippen LogP contribution >= 0.6 is 22.6 Å². The van der Waals surface area contributed by atoms with Crippen molar-refractivity contribution in [2.75, 3.05) is 6.61 Å². The molecule has 0 saturated heterocycles. The van der Waals surface area contributed by atoms with Crippen molar-refractivity contribution >= 4 is 34.3 Å². The summed E-state index contributed by atoms with van der Waals surface area (Å²) in [7, 11) is 0. The number of ether oxygens (including phenoxy) is 1. The third-order valence-electron chi connectivity index (χ3n) is 4.45. The van der Waals surface area contributed by atoms with E-state index < -0.39 is 0 Å². The zero-order valence-electron chi connectivity index (χ0n) is 13.8. The van der Waals surface area contributed by atoms with E-state index in [1.54, 1.807) is 6.92 Å². The number of ketones is 1. The van der Waals surface area contributed by atoms with Crippen LogP contribution < -0.4 is 5.32 Å². The van der Waals surface area contributed by atoms with Gasteiger partial charge in [0, 0.05) is 32.9 Å². The van der Waals surface area contributed by atoms with Crippen molar-refractivity contribution in [3.63, 3.8) is 0 Å². The molecule has 1 aromatic carbocycles. The molecule has 3 rings (SSSR count). The molecule has 0 saturated carbocycles. The van der Waals surface area contributed by atoms with Crippen molar-refractivity contribution in [2.45, 2.75) is 39.0 Å². The van der Waals surface area contributed by atoms with E-state index >= 15 is 0 Å². The number of carbonyl (C=O) groups excluding carboxylic acids is 2. The van der Waals surface area contributed by atoms with E-state index in [-0.39, 0.29) is 17.7 Å². The number of benzene rings is 1. The predicted molar refractivity (Wildman–Crippen MR) is 100 cm³/mol. The van der Waals surface area contributed by atoms with Gasteiger partial charge in [-0.05, 0) is 67.0 Å². The summed E-state index contributed by atoms with van der Waals surface area (Å²) in [5.41, 5.74) is 3.99. The van der Waals surface area contributed by atoms with Crippen LogP contribution in [0.5, 0.6) is 0 Å². The SMILES string of the molecule is CCOC(=O)C1=C(C)NC2=C(C(=O)CCC2)[C@@H]1c1cccc(I)c1. The van der Waals surface area contributed by atoms with E-state index in [0.29, 0.717) is 18.6 Å². The van der Waals surface area contributed by atoms with Crippen LogP contribution in [0.2, 0.25) is 0 Å². The summed E-state index contributed by atoms with van der Waals surface area (Å²) in [6.45, 7) is 3.99. The van der Waals surface area contributed by atoms with E-state index in [9.17, 15) is 9.59 Å². The normalized spacial score (nSPS) is 20.6. The summed E-state index contributed by atoms with van der Waals surface area (Å²) in [6, 6.07) is 7.99. The molecular weight excluding hydrogens is 417 g/mol. The minimum atomic E-state index is -0.351. The van der Waals surface area contributed by atoms with Crippen molar-refractivity contribution in [3.05, 3.63) is 55.9 Å². The smallest absolute Gasteiger partial charge is 0.336 e. The highest BCUT2D eigenvalue weighted by Crippen LogP contribution is 2.42. The molecule has 2 aliphatic rings. The number of carbonyl (C=O) groups is 2. The number of dihydropyridines is 1. The number of hydrogen-bond acceptors (Lipinski definition) is 4. The highest BCUT2D eigenvalue weighted by atomic mass is 127. The summed E-state index contributed by atoms with van der Waals surface area (Å²) in [5.74, 6) is -0.569. The minimum absolute atomic E-state index is 0.127. The lowest BCUT2D eigenvalue weighted by atomic mass is 9.75. The fourth-order valence-corrected chi connectivity index (χ4v) is 4.05. The lowest BCUT2D eigenvalue weighted by molar-refractivity contribution is -0.138. The highest BCUT2D eigenvalue weighted by molar-refractivity contribution is 14.1. The summed E-state index contributed by atoms with van der Waals surface area (Å²) >= 11 is 2.25. The maximum Gasteiger partial charge on any atom is 0.336 e. The van der Waals surface area contributed by atoms with Gasteiger partial charge in [-0.25, -0.2) is 4.79 Å². The van der Waals surface area contributed by atoms with Crippen molar-refractivity contribution in [3.8, 4) is 0 Å². The fourth-order valence-electron chi connectivity index (χ4n) is 3.48. The van der Waals surface area contributed by atoms with E-state index in [0.717, 1.165) is 38.9 Å². The van der Waals surface area contributed by atoms with Crippen molar-refractivity contribution in [2.24, 2.45) is 0 Å². The molecule has 0 aromatic heterocycles. The van der Waals surface area contributed by atoms with Gasteiger partial charge in [0.25, 0.3) is 0 Å². The van der Waals surface area contributed by atoms with Crippen LogP contribution in [-0.4, -0.2) is 18.4 Å². The van der Waals surface area contributed by atoms with Gasteiger partial charge in [0.05, 0.1) is 12.2 Å². The van der Waals surface area contributed by atoms with Crippen LogP contribution in [0.25, 0.3) is 0 Å². The summed E-state index contributed by atoms with van der Waals surface area (Å²) < 4.78 is 6.35. The standard InChI is InChI=1S/C19H20INO3/c1-3-24-19(23)16-11(2)21-14-8-5-9-15(22)18(14)17(16)12-6-4-7-13(20)10-12/h4,6-7,10,17,21H,3,5,8-9H2,1-2H3/t17-/m1/s1. The van der Waals surface area contributed by atoms with Gasteiger partial charge >= 0.3 is 5.97 Å². The first-order valence-electron chi connectivity index (χ1n) is 8.19. The van der Waals surface area contributed by atoms with Gasteiger partial charge < -0.3 is 10.1 Å². The molecule has 1 aliphatic carbocycles. The van der Waals surface area contributed by atoms with Crippen LogP contribution in [0.15, 0.2) is 46.8 Å². The second-order valence-electron chi connectivity index (χ2n) is 6.04. The molecule has 0 amide bonds. The molecule has 0 bridgehead atoms. The topological polar surface area (TPSA) is 55.4 Å². The summed E-state index contributed by atoms with van der Waals surface area (Å²) in [5, 5.41) is 3.29. The van der Waals surface area contributed by atoms with Gasteiger partial charge in [0.15, 0.2) is 5.78 Å². The monoisotopic (exact) mass is 437 g/mol. The van der Waals surface area contributed by atoms with Gasteiger partial charge in [0.1, 0.15) is 0 Å². The van der Waals surface area contributed by atoms with E-state index in [1.165, 1.54) is 0 Å². The Morgan fingerprint density at radius 1 is 1.38 bits per heavy atom. The molecule has 0 unspecified atom stereocenters. The Morgan fingerprint density at radius 2 is 2.17 bits per heavy atom. The maximum absolute atomic E-state index is 12.7. The Labute approximate surface area is 155 Å². The minimum Gasteiger partial charge on any atom is -0.463 e.